The van der Waals surface area contributed by atoms with Crippen molar-refractivity contribution in [2.45, 2.75) is 19.8 Å². The van der Waals surface area contributed by atoms with Crippen molar-refractivity contribution in [1.82, 2.24) is 15.2 Å². The van der Waals surface area contributed by atoms with Crippen LogP contribution in [0.25, 0.3) is 11.1 Å². The maximum atomic E-state index is 13.7. The summed E-state index contributed by atoms with van der Waals surface area (Å²) in [5.74, 6) is -2.20. The summed E-state index contributed by atoms with van der Waals surface area (Å²) in [6, 6.07) is 7.33. The molecule has 1 aromatic carbocycles. The van der Waals surface area contributed by atoms with Crippen LogP contribution in [0.3, 0.4) is 0 Å². The molecule has 31 heavy (non-hydrogen) atoms. The van der Waals surface area contributed by atoms with Crippen molar-refractivity contribution in [2.75, 3.05) is 16.8 Å². The second-order valence-electron chi connectivity index (χ2n) is 7.10. The molecule has 158 valence electrons. The van der Waals surface area contributed by atoms with Gasteiger partial charge in [0.25, 0.3) is 0 Å². The van der Waals surface area contributed by atoms with Crippen LogP contribution in [0.15, 0.2) is 36.5 Å². The van der Waals surface area contributed by atoms with E-state index in [1.807, 2.05) is 0 Å². The van der Waals surface area contributed by atoms with Gasteiger partial charge in [-0.25, -0.2) is 9.37 Å². The van der Waals surface area contributed by atoms with Crippen molar-refractivity contribution in [2.24, 2.45) is 0 Å². The van der Waals surface area contributed by atoms with Crippen LogP contribution in [-0.2, 0) is 9.59 Å². The van der Waals surface area contributed by atoms with E-state index in [-0.39, 0.29) is 28.3 Å². The quantitative estimate of drug-likeness (QED) is 0.587. The number of aryl methyl sites for hydroxylation is 1. The summed E-state index contributed by atoms with van der Waals surface area (Å²) in [4.78, 5) is 31.7. The highest BCUT2D eigenvalue weighted by Gasteiger charge is 2.35. The average Bonchev–Trinajstić information content (AvgIpc) is 2.80. The van der Waals surface area contributed by atoms with Crippen molar-refractivity contribution < 1.29 is 14.0 Å². The summed E-state index contributed by atoms with van der Waals surface area (Å²) in [7, 11) is 0. The summed E-state index contributed by atoms with van der Waals surface area (Å²) in [5, 5.41) is 10.7. The Labute approximate surface area is 187 Å². The second-order valence-corrected chi connectivity index (χ2v) is 7.87. The highest BCUT2D eigenvalue weighted by atomic mass is 35.5. The van der Waals surface area contributed by atoms with E-state index in [1.165, 1.54) is 23.2 Å². The van der Waals surface area contributed by atoms with Gasteiger partial charge >= 0.3 is 0 Å². The first kappa shape index (κ1) is 21.1. The van der Waals surface area contributed by atoms with Gasteiger partial charge in [-0.1, -0.05) is 23.2 Å². The standard InChI is InChI=1S/C21H16Cl2FN5O2/c1-10-7-16-18(20(23)26-10)13-5-6-25-28-19(13)11(2)21(31)29(16)9-17(30)27-12-3-4-14(22)15(24)8-12/h3-8,11H,9H2,1-2H3,(H,27,30). The smallest absolute Gasteiger partial charge is 0.244 e. The number of hydrogen-bond donors (Lipinski definition) is 1. The Morgan fingerprint density at radius 3 is 2.77 bits per heavy atom. The van der Waals surface area contributed by atoms with E-state index in [9.17, 15) is 14.0 Å². The van der Waals surface area contributed by atoms with Crippen molar-refractivity contribution >= 4 is 46.4 Å². The Bertz CT molecular complexity index is 1220. The molecule has 0 saturated heterocycles. The zero-order chi connectivity index (χ0) is 22.3. The van der Waals surface area contributed by atoms with Gasteiger partial charge in [0.15, 0.2) is 0 Å². The molecule has 0 aliphatic carbocycles. The van der Waals surface area contributed by atoms with E-state index in [1.54, 1.807) is 26.0 Å². The normalized spacial score (nSPS) is 15.2. The Morgan fingerprint density at radius 1 is 1.26 bits per heavy atom. The number of nitrogens with one attached hydrogen (secondary N) is 1. The monoisotopic (exact) mass is 459 g/mol. The highest BCUT2D eigenvalue weighted by Crippen LogP contribution is 2.43. The molecule has 3 heterocycles. The van der Waals surface area contributed by atoms with Gasteiger partial charge in [0.2, 0.25) is 11.8 Å². The Kier molecular flexibility index (Phi) is 5.60. The van der Waals surface area contributed by atoms with Crippen LogP contribution in [0.5, 0.6) is 0 Å². The van der Waals surface area contributed by atoms with Crippen LogP contribution in [0.2, 0.25) is 10.2 Å². The third-order valence-electron chi connectivity index (χ3n) is 4.94. The van der Waals surface area contributed by atoms with Crippen molar-refractivity contribution in [1.29, 1.82) is 0 Å². The Hall–Kier alpha value is -3.10. The van der Waals surface area contributed by atoms with Gasteiger partial charge in [-0.2, -0.15) is 10.2 Å². The molecule has 7 nitrogen and oxygen atoms in total. The van der Waals surface area contributed by atoms with Crippen LogP contribution in [0, 0.1) is 12.7 Å². The number of carbonyl (C=O) groups is 2. The van der Waals surface area contributed by atoms with Crippen molar-refractivity contribution in [3.05, 3.63) is 63.9 Å². The molecule has 0 radical (unpaired) electrons. The number of hydrogen-bond acceptors (Lipinski definition) is 5. The van der Waals surface area contributed by atoms with Crippen molar-refractivity contribution in [3.8, 4) is 11.1 Å². The topological polar surface area (TPSA) is 88.1 Å². The van der Waals surface area contributed by atoms with E-state index in [0.717, 1.165) is 6.07 Å². The molecule has 10 heteroatoms. The van der Waals surface area contributed by atoms with E-state index in [4.69, 9.17) is 23.2 Å². The number of nitrogens with zero attached hydrogens (tertiary/aromatic N) is 4. The number of fused-ring (bicyclic) bond motifs is 3. The Balaban J connectivity index is 1.75. The number of carbonyl (C=O) groups excluding carboxylic acids is 2. The fourth-order valence-electron chi connectivity index (χ4n) is 3.51. The fourth-order valence-corrected chi connectivity index (χ4v) is 3.95. The first-order valence-electron chi connectivity index (χ1n) is 9.31. The van der Waals surface area contributed by atoms with E-state index < -0.39 is 17.6 Å². The minimum absolute atomic E-state index is 0.0556. The van der Waals surface area contributed by atoms with Crippen LogP contribution in [0.4, 0.5) is 15.8 Å². The lowest BCUT2D eigenvalue weighted by Gasteiger charge is -2.24. The number of pyridine rings is 1. The third-order valence-corrected chi connectivity index (χ3v) is 5.52. The number of benzene rings is 1. The fraction of sp³-hybridized carbons (Fsp3) is 0.190. The molecule has 0 bridgehead atoms. The van der Waals surface area contributed by atoms with E-state index >= 15 is 0 Å². The maximum absolute atomic E-state index is 13.7. The molecule has 1 aliphatic rings. The lowest BCUT2D eigenvalue weighted by Crippen LogP contribution is -2.40. The molecule has 1 unspecified atom stereocenters. The summed E-state index contributed by atoms with van der Waals surface area (Å²) in [6.45, 7) is 3.11. The molecule has 0 spiro atoms. The zero-order valence-corrected chi connectivity index (χ0v) is 18.0. The zero-order valence-electron chi connectivity index (χ0n) is 16.5. The number of anilines is 2. The first-order chi connectivity index (χ1) is 14.8. The summed E-state index contributed by atoms with van der Waals surface area (Å²) < 4.78 is 13.7. The third kappa shape index (κ3) is 3.96. The summed E-state index contributed by atoms with van der Waals surface area (Å²) in [6.07, 6.45) is 1.51. The number of halogens is 3. The number of amides is 2. The molecule has 2 amide bonds. The predicted octanol–water partition coefficient (Wildman–Crippen LogP) is 4.38. The first-order valence-corrected chi connectivity index (χ1v) is 10.1. The average molecular weight is 460 g/mol. The lowest BCUT2D eigenvalue weighted by molar-refractivity contribution is -0.122. The molecule has 0 fully saturated rings. The van der Waals surface area contributed by atoms with Gasteiger partial charge < -0.3 is 10.2 Å². The number of aromatic nitrogens is 3. The van der Waals surface area contributed by atoms with E-state index in [2.05, 4.69) is 20.5 Å². The second kappa shape index (κ2) is 8.20. The van der Waals surface area contributed by atoms with Gasteiger partial charge in [-0.15, -0.1) is 0 Å². The van der Waals surface area contributed by atoms with Crippen LogP contribution < -0.4 is 10.2 Å². The minimum atomic E-state index is -0.673. The van der Waals surface area contributed by atoms with Gasteiger partial charge in [-0.3, -0.25) is 9.59 Å². The maximum Gasteiger partial charge on any atom is 0.244 e. The molecule has 0 saturated carbocycles. The molecule has 4 rings (SSSR count). The van der Waals surface area contributed by atoms with Gasteiger partial charge in [0.05, 0.1) is 28.5 Å². The molecule has 3 aromatic rings. The predicted molar refractivity (Wildman–Crippen MR) is 116 cm³/mol. The molecule has 2 aromatic heterocycles. The van der Waals surface area contributed by atoms with Gasteiger partial charge in [-0.05, 0) is 44.2 Å². The van der Waals surface area contributed by atoms with Crippen LogP contribution >= 0.6 is 23.2 Å². The Morgan fingerprint density at radius 2 is 2.03 bits per heavy atom. The molecular formula is C21H16Cl2FN5O2. The van der Waals surface area contributed by atoms with Crippen LogP contribution in [-0.4, -0.2) is 33.5 Å². The summed E-state index contributed by atoms with van der Waals surface area (Å²) >= 11 is 12.1. The number of rotatable bonds is 3. The SMILES string of the molecule is Cc1cc2c(c(Cl)n1)-c1ccnnc1C(C)C(=O)N2CC(=O)Nc1ccc(Cl)c(F)c1. The highest BCUT2D eigenvalue weighted by molar-refractivity contribution is 6.33. The minimum Gasteiger partial charge on any atom is -0.324 e. The van der Waals surface area contributed by atoms with Crippen molar-refractivity contribution in [3.63, 3.8) is 0 Å². The summed E-state index contributed by atoms with van der Waals surface area (Å²) in [5.41, 5.74) is 2.83. The molecule has 1 atom stereocenters. The largest absolute Gasteiger partial charge is 0.324 e. The van der Waals surface area contributed by atoms with E-state index in [0.29, 0.717) is 28.2 Å². The lowest BCUT2D eigenvalue weighted by atomic mass is 9.99. The van der Waals surface area contributed by atoms with Gasteiger partial charge in [0, 0.05) is 22.5 Å². The van der Waals surface area contributed by atoms with Crippen LogP contribution in [0.1, 0.15) is 24.2 Å². The molecule has 1 N–H and O–H groups in total. The van der Waals surface area contributed by atoms with Gasteiger partial charge in [0.1, 0.15) is 17.5 Å². The molecule has 1 aliphatic heterocycles. The molecular weight excluding hydrogens is 444 g/mol.